The summed E-state index contributed by atoms with van der Waals surface area (Å²) in [5.74, 6) is 0.292. The van der Waals surface area contributed by atoms with E-state index in [0.717, 1.165) is 0 Å². The number of aliphatic imine (C=N–C) groups is 1. The SMILES string of the molecule is O=NNC1=NCC(N=O)CN1. The van der Waals surface area contributed by atoms with Crippen molar-refractivity contribution in [1.82, 2.24) is 10.7 Å². The van der Waals surface area contributed by atoms with Crippen molar-refractivity contribution < 1.29 is 0 Å². The molecule has 0 spiro atoms. The zero-order chi connectivity index (χ0) is 8.10. The van der Waals surface area contributed by atoms with Crippen LogP contribution < -0.4 is 10.7 Å². The average Bonchev–Trinajstić information content (AvgIpc) is 2.07. The van der Waals surface area contributed by atoms with Crippen molar-refractivity contribution in [2.24, 2.45) is 15.5 Å². The van der Waals surface area contributed by atoms with Gasteiger partial charge in [-0.05, 0) is 0 Å². The first-order chi connectivity index (χ1) is 5.36. The largest absolute Gasteiger partial charge is 0.353 e. The molecule has 1 atom stereocenters. The molecule has 7 heteroatoms. The molecule has 0 saturated heterocycles. The summed E-state index contributed by atoms with van der Waals surface area (Å²) in [6.45, 7) is 0.694. The van der Waals surface area contributed by atoms with Crippen LogP contribution in [0.25, 0.3) is 0 Å². The van der Waals surface area contributed by atoms with Gasteiger partial charge in [-0.15, -0.1) is 4.91 Å². The van der Waals surface area contributed by atoms with Crippen LogP contribution >= 0.6 is 0 Å². The average molecular weight is 157 g/mol. The molecule has 60 valence electrons. The molecular formula is C4H7N5O2. The number of hydrogen-bond donors (Lipinski definition) is 2. The molecule has 0 aromatic heterocycles. The summed E-state index contributed by atoms with van der Waals surface area (Å²) in [6.07, 6.45) is 0. The molecule has 0 aromatic rings. The summed E-state index contributed by atoms with van der Waals surface area (Å²) < 4.78 is 0. The standard InChI is InChI=1S/C4H7N5O2/c10-8-3-1-5-4(6-2-3)7-9-11/h3H,1-2H2,(H2,5,6,7,11). The highest BCUT2D eigenvalue weighted by atomic mass is 16.3. The lowest BCUT2D eigenvalue weighted by Crippen LogP contribution is -2.43. The first-order valence-electron chi connectivity index (χ1n) is 3.06. The number of hydrogen-bond acceptors (Lipinski definition) is 6. The van der Waals surface area contributed by atoms with E-state index >= 15 is 0 Å². The first-order valence-corrected chi connectivity index (χ1v) is 3.06. The van der Waals surface area contributed by atoms with Gasteiger partial charge in [-0.1, -0.05) is 5.18 Å². The lowest BCUT2D eigenvalue weighted by molar-refractivity contribution is 0.611. The number of nitrogens with zero attached hydrogens (tertiary/aromatic N) is 3. The zero-order valence-electron chi connectivity index (χ0n) is 5.65. The summed E-state index contributed by atoms with van der Waals surface area (Å²) >= 11 is 0. The Hall–Kier alpha value is -1.53. The van der Waals surface area contributed by atoms with Crippen molar-refractivity contribution >= 4 is 5.96 Å². The van der Waals surface area contributed by atoms with E-state index < -0.39 is 0 Å². The molecule has 1 aliphatic heterocycles. The quantitative estimate of drug-likeness (QED) is 0.411. The second-order valence-corrected chi connectivity index (χ2v) is 2.03. The van der Waals surface area contributed by atoms with E-state index in [-0.39, 0.29) is 6.04 Å². The summed E-state index contributed by atoms with van der Waals surface area (Å²) in [7, 11) is 0. The van der Waals surface area contributed by atoms with Gasteiger partial charge in [0.1, 0.15) is 6.04 Å². The molecule has 1 rings (SSSR count). The topological polar surface area (TPSA) is 95.3 Å². The van der Waals surface area contributed by atoms with Crippen molar-refractivity contribution in [2.45, 2.75) is 6.04 Å². The zero-order valence-corrected chi connectivity index (χ0v) is 5.65. The lowest BCUT2D eigenvalue weighted by atomic mass is 10.3. The van der Waals surface area contributed by atoms with Crippen molar-refractivity contribution in [2.75, 3.05) is 13.1 Å². The Labute approximate surface area is 62.2 Å². The Morgan fingerprint density at radius 2 is 2.45 bits per heavy atom. The summed E-state index contributed by atoms with van der Waals surface area (Å²) in [5.41, 5.74) is 2.09. The van der Waals surface area contributed by atoms with Crippen LogP contribution in [0.15, 0.2) is 15.5 Å². The Bertz CT molecular complexity index is 191. The van der Waals surface area contributed by atoms with Crippen LogP contribution in [0.3, 0.4) is 0 Å². The van der Waals surface area contributed by atoms with E-state index in [0.29, 0.717) is 19.0 Å². The van der Waals surface area contributed by atoms with Crippen molar-refractivity contribution in [3.05, 3.63) is 9.81 Å². The first kappa shape index (κ1) is 7.58. The predicted molar refractivity (Wildman–Crippen MR) is 38.8 cm³/mol. The summed E-state index contributed by atoms with van der Waals surface area (Å²) in [4.78, 5) is 23.4. The van der Waals surface area contributed by atoms with Crippen LogP contribution in [0, 0.1) is 9.81 Å². The van der Waals surface area contributed by atoms with Crippen molar-refractivity contribution in [3.63, 3.8) is 0 Å². The monoisotopic (exact) mass is 157 g/mol. The third-order valence-electron chi connectivity index (χ3n) is 1.27. The number of nitroso groups, excluding NO2 is 2. The summed E-state index contributed by atoms with van der Waals surface area (Å²) in [6, 6.07) is -0.341. The number of guanidine groups is 1. The fourth-order valence-electron chi connectivity index (χ4n) is 0.720. The molecular weight excluding hydrogens is 150 g/mol. The van der Waals surface area contributed by atoms with Gasteiger partial charge in [0.2, 0.25) is 5.96 Å². The molecule has 0 aromatic carbocycles. The minimum atomic E-state index is -0.341. The summed E-state index contributed by atoms with van der Waals surface area (Å²) in [5, 5.41) is 7.87. The highest BCUT2D eigenvalue weighted by Crippen LogP contribution is 1.94. The van der Waals surface area contributed by atoms with Crippen molar-refractivity contribution in [3.8, 4) is 0 Å². The smallest absolute Gasteiger partial charge is 0.214 e. The Kier molecular flexibility index (Phi) is 2.47. The van der Waals surface area contributed by atoms with E-state index in [2.05, 4.69) is 26.2 Å². The molecule has 11 heavy (non-hydrogen) atoms. The van der Waals surface area contributed by atoms with Crippen LogP contribution in [-0.2, 0) is 0 Å². The molecule has 7 nitrogen and oxygen atoms in total. The van der Waals surface area contributed by atoms with E-state index in [1.54, 1.807) is 0 Å². The molecule has 0 aliphatic carbocycles. The van der Waals surface area contributed by atoms with Crippen LogP contribution in [0.2, 0.25) is 0 Å². The van der Waals surface area contributed by atoms with E-state index in [4.69, 9.17) is 0 Å². The highest BCUT2D eigenvalue weighted by Gasteiger charge is 2.14. The van der Waals surface area contributed by atoms with Gasteiger partial charge in [-0.25, -0.2) is 10.4 Å². The maximum Gasteiger partial charge on any atom is 0.214 e. The van der Waals surface area contributed by atoms with Gasteiger partial charge in [0.15, 0.2) is 0 Å². The highest BCUT2D eigenvalue weighted by molar-refractivity contribution is 5.80. The Morgan fingerprint density at radius 1 is 1.64 bits per heavy atom. The number of rotatable bonds is 2. The van der Waals surface area contributed by atoms with Gasteiger partial charge in [-0.2, -0.15) is 4.91 Å². The number of nitrogens with one attached hydrogen (secondary N) is 2. The predicted octanol–water partition coefficient (Wildman–Crippen LogP) is -0.648. The van der Waals surface area contributed by atoms with Crippen LogP contribution in [-0.4, -0.2) is 25.1 Å². The molecule has 0 saturated carbocycles. The van der Waals surface area contributed by atoms with Crippen molar-refractivity contribution in [1.29, 1.82) is 0 Å². The second-order valence-electron chi connectivity index (χ2n) is 2.03. The Balaban J connectivity index is 2.42. The normalized spacial score (nSPS) is 22.9. The maximum atomic E-state index is 9.96. The van der Waals surface area contributed by atoms with Crippen LogP contribution in [0.1, 0.15) is 0 Å². The molecule has 2 N–H and O–H groups in total. The third kappa shape index (κ3) is 1.95. The lowest BCUT2D eigenvalue weighted by Gasteiger charge is -2.15. The van der Waals surface area contributed by atoms with Gasteiger partial charge in [0.25, 0.3) is 0 Å². The van der Waals surface area contributed by atoms with E-state index in [9.17, 15) is 9.81 Å². The molecule has 1 unspecified atom stereocenters. The molecule has 1 aliphatic rings. The molecule has 0 radical (unpaired) electrons. The van der Waals surface area contributed by atoms with E-state index in [1.165, 1.54) is 0 Å². The van der Waals surface area contributed by atoms with Gasteiger partial charge in [0.05, 0.1) is 11.8 Å². The molecule has 0 fully saturated rings. The van der Waals surface area contributed by atoms with Crippen LogP contribution in [0.5, 0.6) is 0 Å². The maximum absolute atomic E-state index is 9.96. The van der Waals surface area contributed by atoms with Gasteiger partial charge in [0, 0.05) is 6.54 Å². The van der Waals surface area contributed by atoms with Gasteiger partial charge < -0.3 is 5.32 Å². The van der Waals surface area contributed by atoms with E-state index in [1.807, 2.05) is 0 Å². The Morgan fingerprint density at radius 3 is 2.91 bits per heavy atom. The minimum absolute atomic E-state index is 0.292. The second kappa shape index (κ2) is 3.59. The van der Waals surface area contributed by atoms with Gasteiger partial charge in [-0.3, -0.25) is 0 Å². The fraction of sp³-hybridized carbons (Fsp3) is 0.750. The fourth-order valence-corrected chi connectivity index (χ4v) is 0.720. The molecule has 1 heterocycles. The molecule has 0 amide bonds. The third-order valence-corrected chi connectivity index (χ3v) is 1.27. The van der Waals surface area contributed by atoms with Gasteiger partial charge >= 0.3 is 0 Å². The molecule has 0 bridgehead atoms. The minimum Gasteiger partial charge on any atom is -0.353 e. The van der Waals surface area contributed by atoms with Crippen LogP contribution in [0.4, 0.5) is 0 Å².